The first-order valence-corrected chi connectivity index (χ1v) is 5.85. The molecule has 0 amide bonds. The zero-order valence-corrected chi connectivity index (χ0v) is 9.71. The maximum Gasteiger partial charge on any atom is 0.333 e. The van der Waals surface area contributed by atoms with Crippen LogP contribution in [0.1, 0.15) is 39.5 Å². The highest BCUT2D eigenvalue weighted by molar-refractivity contribution is 5.86. The summed E-state index contributed by atoms with van der Waals surface area (Å²) in [4.78, 5) is 11.3. The molecule has 3 atom stereocenters. The van der Waals surface area contributed by atoms with Crippen molar-refractivity contribution < 1.29 is 9.53 Å². The van der Waals surface area contributed by atoms with Gasteiger partial charge in [-0.05, 0) is 44.4 Å². The lowest BCUT2D eigenvalue weighted by Gasteiger charge is -2.28. The predicted octanol–water partition coefficient (Wildman–Crippen LogP) is 2.93. The summed E-state index contributed by atoms with van der Waals surface area (Å²) in [7, 11) is 0. The SMILES string of the molecule is C=C(C)C(=O)OCC12CCC(C1)C(C)C2. The number of rotatable bonds is 3. The molecular weight excluding hydrogens is 188 g/mol. The predicted molar refractivity (Wildman–Crippen MR) is 59.3 cm³/mol. The third kappa shape index (κ3) is 1.95. The molecule has 0 radical (unpaired) electrons. The minimum atomic E-state index is -0.229. The van der Waals surface area contributed by atoms with Crippen molar-refractivity contribution in [2.24, 2.45) is 17.3 Å². The second-order valence-corrected chi connectivity index (χ2v) is 5.54. The van der Waals surface area contributed by atoms with Crippen LogP contribution in [0.5, 0.6) is 0 Å². The van der Waals surface area contributed by atoms with Crippen LogP contribution in [0, 0.1) is 17.3 Å². The van der Waals surface area contributed by atoms with E-state index in [0.717, 1.165) is 11.8 Å². The maximum atomic E-state index is 11.3. The van der Waals surface area contributed by atoms with Gasteiger partial charge in [0.2, 0.25) is 0 Å². The average Bonchev–Trinajstić information content (AvgIpc) is 2.71. The summed E-state index contributed by atoms with van der Waals surface area (Å²) in [5, 5.41) is 0. The van der Waals surface area contributed by atoms with Gasteiger partial charge in [0.15, 0.2) is 0 Å². The van der Waals surface area contributed by atoms with E-state index in [2.05, 4.69) is 13.5 Å². The smallest absolute Gasteiger partial charge is 0.333 e. The highest BCUT2D eigenvalue weighted by Crippen LogP contribution is 2.56. The van der Waals surface area contributed by atoms with Gasteiger partial charge in [-0.2, -0.15) is 0 Å². The van der Waals surface area contributed by atoms with E-state index < -0.39 is 0 Å². The third-order valence-electron chi connectivity index (χ3n) is 4.16. The summed E-state index contributed by atoms with van der Waals surface area (Å²) >= 11 is 0. The number of hydrogen-bond acceptors (Lipinski definition) is 2. The molecule has 84 valence electrons. The molecule has 2 aliphatic rings. The minimum Gasteiger partial charge on any atom is -0.462 e. The van der Waals surface area contributed by atoms with Gasteiger partial charge >= 0.3 is 5.97 Å². The minimum absolute atomic E-state index is 0.229. The average molecular weight is 208 g/mol. The summed E-state index contributed by atoms with van der Waals surface area (Å²) in [6.07, 6.45) is 5.07. The molecule has 0 aliphatic heterocycles. The Kier molecular flexibility index (Phi) is 2.61. The molecule has 0 saturated heterocycles. The molecule has 0 aromatic carbocycles. The van der Waals surface area contributed by atoms with E-state index in [-0.39, 0.29) is 5.97 Å². The van der Waals surface area contributed by atoms with Crippen LogP contribution in [0.3, 0.4) is 0 Å². The van der Waals surface area contributed by atoms with Gasteiger partial charge < -0.3 is 4.74 Å². The van der Waals surface area contributed by atoms with Crippen LogP contribution in [0.4, 0.5) is 0 Å². The molecule has 0 spiro atoms. The van der Waals surface area contributed by atoms with Gasteiger partial charge in [-0.1, -0.05) is 13.5 Å². The van der Waals surface area contributed by atoms with Crippen molar-refractivity contribution in [1.82, 2.24) is 0 Å². The molecule has 2 aliphatic carbocycles. The molecule has 3 unspecified atom stereocenters. The van der Waals surface area contributed by atoms with Crippen molar-refractivity contribution in [1.29, 1.82) is 0 Å². The number of carbonyl (C=O) groups excluding carboxylic acids is 1. The van der Waals surface area contributed by atoms with Gasteiger partial charge in [-0.15, -0.1) is 0 Å². The second kappa shape index (κ2) is 3.66. The Bertz CT molecular complexity index is 291. The number of carbonyl (C=O) groups is 1. The fourth-order valence-electron chi connectivity index (χ4n) is 3.30. The van der Waals surface area contributed by atoms with E-state index in [1.54, 1.807) is 6.92 Å². The Labute approximate surface area is 91.7 Å². The summed E-state index contributed by atoms with van der Waals surface area (Å²) in [5.74, 6) is 1.48. The molecule has 0 N–H and O–H groups in total. The summed E-state index contributed by atoms with van der Waals surface area (Å²) in [5.41, 5.74) is 0.821. The maximum absolute atomic E-state index is 11.3. The fourth-order valence-corrected chi connectivity index (χ4v) is 3.30. The highest BCUT2D eigenvalue weighted by atomic mass is 16.5. The third-order valence-corrected chi connectivity index (χ3v) is 4.16. The Morgan fingerprint density at radius 3 is 2.73 bits per heavy atom. The van der Waals surface area contributed by atoms with Crippen LogP contribution in [0.15, 0.2) is 12.2 Å². The monoisotopic (exact) mass is 208 g/mol. The van der Waals surface area contributed by atoms with Crippen molar-refractivity contribution in [2.75, 3.05) is 6.61 Å². The van der Waals surface area contributed by atoms with Crippen LogP contribution in [-0.2, 0) is 9.53 Å². The van der Waals surface area contributed by atoms with E-state index in [9.17, 15) is 4.79 Å². The Hall–Kier alpha value is -0.790. The number of fused-ring (bicyclic) bond motifs is 2. The Morgan fingerprint density at radius 2 is 2.27 bits per heavy atom. The molecule has 2 rings (SSSR count). The number of hydrogen-bond donors (Lipinski definition) is 0. The van der Waals surface area contributed by atoms with Gasteiger partial charge in [-0.3, -0.25) is 0 Å². The standard InChI is InChI=1S/C13H20O2/c1-9(2)12(14)15-8-13-5-4-11(7-13)10(3)6-13/h10-11H,1,4-8H2,2-3H3. The van der Waals surface area contributed by atoms with Gasteiger partial charge in [0, 0.05) is 11.0 Å². The molecule has 2 bridgehead atoms. The summed E-state index contributed by atoms with van der Waals surface area (Å²) in [6.45, 7) is 8.24. The van der Waals surface area contributed by atoms with Crippen molar-refractivity contribution in [3.63, 3.8) is 0 Å². The number of ether oxygens (including phenoxy) is 1. The number of esters is 1. The highest BCUT2D eigenvalue weighted by Gasteiger charge is 2.49. The lowest BCUT2D eigenvalue weighted by molar-refractivity contribution is -0.142. The first-order chi connectivity index (χ1) is 7.02. The van der Waals surface area contributed by atoms with Crippen molar-refractivity contribution in [3.8, 4) is 0 Å². The van der Waals surface area contributed by atoms with E-state index >= 15 is 0 Å². The molecule has 0 aromatic rings. The lowest BCUT2D eigenvalue weighted by atomic mass is 9.81. The van der Waals surface area contributed by atoms with E-state index in [1.807, 2.05) is 0 Å². The first-order valence-electron chi connectivity index (χ1n) is 5.85. The Balaban J connectivity index is 1.90. The Morgan fingerprint density at radius 1 is 1.53 bits per heavy atom. The molecule has 2 heteroatoms. The van der Waals surface area contributed by atoms with Crippen LogP contribution < -0.4 is 0 Å². The summed E-state index contributed by atoms with van der Waals surface area (Å²) in [6, 6.07) is 0. The van der Waals surface area contributed by atoms with E-state index in [1.165, 1.54) is 25.7 Å². The quantitative estimate of drug-likeness (QED) is 0.526. The van der Waals surface area contributed by atoms with Crippen LogP contribution in [0.2, 0.25) is 0 Å². The second-order valence-electron chi connectivity index (χ2n) is 5.54. The van der Waals surface area contributed by atoms with Crippen LogP contribution in [0.25, 0.3) is 0 Å². The molecule has 0 aromatic heterocycles. The zero-order chi connectivity index (χ0) is 11.1. The first kappa shape index (κ1) is 10.7. The molecule has 2 fully saturated rings. The largest absolute Gasteiger partial charge is 0.462 e. The van der Waals surface area contributed by atoms with Crippen LogP contribution >= 0.6 is 0 Å². The van der Waals surface area contributed by atoms with Crippen molar-refractivity contribution >= 4 is 5.97 Å². The lowest BCUT2D eigenvalue weighted by Crippen LogP contribution is -2.25. The molecule has 0 heterocycles. The van der Waals surface area contributed by atoms with Crippen molar-refractivity contribution in [2.45, 2.75) is 39.5 Å². The van der Waals surface area contributed by atoms with Crippen molar-refractivity contribution in [3.05, 3.63) is 12.2 Å². The van der Waals surface area contributed by atoms with E-state index in [4.69, 9.17) is 4.74 Å². The van der Waals surface area contributed by atoms with Gasteiger partial charge in [0.25, 0.3) is 0 Å². The van der Waals surface area contributed by atoms with Gasteiger partial charge in [0.05, 0.1) is 6.61 Å². The fraction of sp³-hybridized carbons (Fsp3) is 0.769. The zero-order valence-electron chi connectivity index (χ0n) is 9.71. The van der Waals surface area contributed by atoms with Gasteiger partial charge in [-0.25, -0.2) is 4.79 Å². The molecule has 15 heavy (non-hydrogen) atoms. The van der Waals surface area contributed by atoms with E-state index in [0.29, 0.717) is 17.6 Å². The van der Waals surface area contributed by atoms with Gasteiger partial charge in [0.1, 0.15) is 0 Å². The van der Waals surface area contributed by atoms with Crippen LogP contribution in [-0.4, -0.2) is 12.6 Å². The summed E-state index contributed by atoms with van der Waals surface area (Å²) < 4.78 is 5.32. The molecule has 2 nitrogen and oxygen atoms in total. The molecule has 2 saturated carbocycles. The topological polar surface area (TPSA) is 26.3 Å². The molecular formula is C13H20O2. The normalized spacial score (nSPS) is 38.0.